The number of carbonyl (C=O) groups excluding carboxylic acids is 2. The van der Waals surface area contributed by atoms with Crippen molar-refractivity contribution < 1.29 is 14.3 Å². The molecule has 17 heavy (non-hydrogen) atoms. The van der Waals surface area contributed by atoms with Gasteiger partial charge in [0.05, 0.1) is 7.11 Å². The van der Waals surface area contributed by atoms with E-state index in [9.17, 15) is 9.59 Å². The number of halogens is 1. The second-order valence-electron chi connectivity index (χ2n) is 3.02. The van der Waals surface area contributed by atoms with Crippen LogP contribution in [-0.2, 0) is 9.53 Å². The van der Waals surface area contributed by atoms with Gasteiger partial charge in [-0.05, 0) is 29.3 Å². The summed E-state index contributed by atoms with van der Waals surface area (Å²) in [5.41, 5.74) is 0.429. The minimum atomic E-state index is -0.760. The van der Waals surface area contributed by atoms with Crippen LogP contribution < -0.4 is 0 Å². The number of carbonyl (C=O) groups is 2. The van der Waals surface area contributed by atoms with E-state index in [2.05, 4.69) is 4.74 Å². The number of esters is 1. The van der Waals surface area contributed by atoms with Gasteiger partial charge in [0.1, 0.15) is 11.6 Å². The lowest BCUT2D eigenvalue weighted by Gasteiger charge is -2.01. The van der Waals surface area contributed by atoms with E-state index in [1.807, 2.05) is 0 Å². The molecule has 0 spiro atoms. The highest BCUT2D eigenvalue weighted by Gasteiger charge is 2.12. The third kappa shape index (κ3) is 3.16. The Balaban J connectivity index is 3.26. The molecule has 1 aromatic rings. The molecule has 0 fully saturated rings. The maximum Gasteiger partial charge on any atom is 0.348 e. The SMILES string of the molecule is COC(=O)C(C#N)=Cc1ccccc1C(=O)Cl. The van der Waals surface area contributed by atoms with Crippen LogP contribution in [0.3, 0.4) is 0 Å². The van der Waals surface area contributed by atoms with Gasteiger partial charge < -0.3 is 4.74 Å². The van der Waals surface area contributed by atoms with E-state index in [4.69, 9.17) is 16.9 Å². The van der Waals surface area contributed by atoms with Crippen molar-refractivity contribution in [3.63, 3.8) is 0 Å². The van der Waals surface area contributed by atoms with E-state index in [-0.39, 0.29) is 11.1 Å². The highest BCUT2D eigenvalue weighted by molar-refractivity contribution is 6.68. The summed E-state index contributed by atoms with van der Waals surface area (Å²) in [6, 6.07) is 8.09. The summed E-state index contributed by atoms with van der Waals surface area (Å²) in [5.74, 6) is -0.760. The molecular weight excluding hydrogens is 242 g/mol. The molecule has 1 rings (SSSR count). The van der Waals surface area contributed by atoms with Crippen molar-refractivity contribution in [1.82, 2.24) is 0 Å². The first-order chi connectivity index (χ1) is 8.10. The average molecular weight is 250 g/mol. The minimum Gasteiger partial charge on any atom is -0.465 e. The molecule has 0 radical (unpaired) electrons. The van der Waals surface area contributed by atoms with Gasteiger partial charge in [0, 0.05) is 5.56 Å². The van der Waals surface area contributed by atoms with E-state index < -0.39 is 11.2 Å². The van der Waals surface area contributed by atoms with Gasteiger partial charge in [-0.25, -0.2) is 4.79 Å². The van der Waals surface area contributed by atoms with Crippen molar-refractivity contribution in [2.45, 2.75) is 0 Å². The van der Waals surface area contributed by atoms with Gasteiger partial charge in [-0.2, -0.15) is 5.26 Å². The third-order valence-corrected chi connectivity index (χ3v) is 2.20. The van der Waals surface area contributed by atoms with E-state index in [1.54, 1.807) is 24.3 Å². The van der Waals surface area contributed by atoms with Crippen LogP contribution in [0, 0.1) is 11.3 Å². The van der Waals surface area contributed by atoms with Crippen LogP contribution in [0.1, 0.15) is 15.9 Å². The van der Waals surface area contributed by atoms with Crippen molar-refractivity contribution in [3.8, 4) is 6.07 Å². The highest BCUT2D eigenvalue weighted by Crippen LogP contribution is 2.15. The third-order valence-electron chi connectivity index (χ3n) is 2.00. The van der Waals surface area contributed by atoms with Crippen LogP contribution in [0.2, 0.25) is 0 Å². The summed E-state index contributed by atoms with van der Waals surface area (Å²) in [6.45, 7) is 0. The van der Waals surface area contributed by atoms with Crippen LogP contribution in [0.15, 0.2) is 29.8 Å². The quantitative estimate of drug-likeness (QED) is 0.356. The zero-order valence-corrected chi connectivity index (χ0v) is 9.69. The molecule has 0 aliphatic carbocycles. The summed E-state index contributed by atoms with van der Waals surface area (Å²) in [4.78, 5) is 22.3. The molecule has 1 aromatic carbocycles. The van der Waals surface area contributed by atoms with Crippen molar-refractivity contribution in [2.24, 2.45) is 0 Å². The van der Waals surface area contributed by atoms with E-state index in [0.29, 0.717) is 5.56 Å². The van der Waals surface area contributed by atoms with Gasteiger partial charge in [0.2, 0.25) is 0 Å². The molecule has 0 saturated carbocycles. The fraction of sp³-hybridized carbons (Fsp3) is 0.0833. The Hall–Kier alpha value is -2.12. The van der Waals surface area contributed by atoms with E-state index in [1.165, 1.54) is 19.3 Å². The molecule has 0 aliphatic rings. The van der Waals surface area contributed by atoms with Crippen molar-refractivity contribution in [1.29, 1.82) is 5.26 Å². The molecule has 0 bridgehead atoms. The van der Waals surface area contributed by atoms with Gasteiger partial charge in [0.15, 0.2) is 0 Å². The molecule has 0 N–H and O–H groups in total. The van der Waals surface area contributed by atoms with E-state index >= 15 is 0 Å². The molecular formula is C12H8ClNO3. The number of nitrogens with zero attached hydrogens (tertiary/aromatic N) is 1. The van der Waals surface area contributed by atoms with E-state index in [0.717, 1.165) is 0 Å². The van der Waals surface area contributed by atoms with Crippen LogP contribution in [0.4, 0.5) is 0 Å². The molecule has 0 saturated heterocycles. The molecule has 86 valence electrons. The monoisotopic (exact) mass is 249 g/mol. The number of benzene rings is 1. The first-order valence-electron chi connectivity index (χ1n) is 4.59. The van der Waals surface area contributed by atoms with Gasteiger partial charge >= 0.3 is 5.97 Å². The fourth-order valence-electron chi connectivity index (χ4n) is 1.20. The standard InChI is InChI=1S/C12H8ClNO3/c1-17-12(16)9(7-14)6-8-4-2-3-5-10(8)11(13)15/h2-6H,1H3. The van der Waals surface area contributed by atoms with Crippen LogP contribution in [0.25, 0.3) is 6.08 Å². The second kappa shape index (κ2) is 5.83. The largest absolute Gasteiger partial charge is 0.465 e. The maximum absolute atomic E-state index is 11.2. The van der Waals surface area contributed by atoms with Gasteiger partial charge in [-0.15, -0.1) is 0 Å². The average Bonchev–Trinajstić information content (AvgIpc) is 2.35. The summed E-state index contributed by atoms with van der Waals surface area (Å²) in [5, 5.41) is 8.13. The number of methoxy groups -OCH3 is 1. The lowest BCUT2D eigenvalue weighted by atomic mass is 10.1. The fourth-order valence-corrected chi connectivity index (χ4v) is 1.38. The van der Waals surface area contributed by atoms with Crippen LogP contribution >= 0.6 is 11.6 Å². The Morgan fingerprint density at radius 3 is 2.59 bits per heavy atom. The number of hydrogen-bond acceptors (Lipinski definition) is 4. The summed E-state index contributed by atoms with van der Waals surface area (Å²) in [6.07, 6.45) is 1.27. The van der Waals surface area contributed by atoms with Crippen LogP contribution in [-0.4, -0.2) is 18.3 Å². The van der Waals surface area contributed by atoms with Crippen molar-refractivity contribution in [3.05, 3.63) is 41.0 Å². The number of ether oxygens (including phenoxy) is 1. The smallest absolute Gasteiger partial charge is 0.348 e. The molecule has 5 heteroatoms. The Morgan fingerprint density at radius 2 is 2.06 bits per heavy atom. The van der Waals surface area contributed by atoms with Gasteiger partial charge in [-0.1, -0.05) is 18.2 Å². The molecule has 4 nitrogen and oxygen atoms in total. The first-order valence-corrected chi connectivity index (χ1v) is 4.97. The summed E-state index contributed by atoms with van der Waals surface area (Å²) < 4.78 is 4.43. The zero-order valence-electron chi connectivity index (χ0n) is 8.94. The highest BCUT2D eigenvalue weighted by atomic mass is 35.5. The Kier molecular flexibility index (Phi) is 4.44. The topological polar surface area (TPSA) is 67.2 Å². The van der Waals surface area contributed by atoms with Crippen LogP contribution in [0.5, 0.6) is 0 Å². The Morgan fingerprint density at radius 1 is 1.41 bits per heavy atom. The maximum atomic E-state index is 11.2. The molecule has 0 atom stereocenters. The molecule has 0 unspecified atom stereocenters. The number of rotatable bonds is 3. The lowest BCUT2D eigenvalue weighted by Crippen LogP contribution is -2.03. The lowest BCUT2D eigenvalue weighted by molar-refractivity contribution is -0.135. The Labute approximate surface area is 103 Å². The summed E-state index contributed by atoms with van der Waals surface area (Å²) in [7, 11) is 1.17. The molecule has 0 heterocycles. The van der Waals surface area contributed by atoms with Gasteiger partial charge in [-0.3, -0.25) is 4.79 Å². The zero-order chi connectivity index (χ0) is 12.8. The predicted octanol–water partition coefficient (Wildman–Crippen LogP) is 2.15. The molecule has 0 aliphatic heterocycles. The number of hydrogen-bond donors (Lipinski definition) is 0. The number of nitriles is 1. The summed E-state index contributed by atoms with van der Waals surface area (Å²) >= 11 is 5.38. The minimum absolute atomic E-state index is 0.196. The van der Waals surface area contributed by atoms with Gasteiger partial charge in [0.25, 0.3) is 5.24 Å². The Bertz CT molecular complexity index is 529. The van der Waals surface area contributed by atoms with Crippen molar-refractivity contribution >= 4 is 28.9 Å². The predicted molar refractivity (Wildman–Crippen MR) is 62.2 cm³/mol. The van der Waals surface area contributed by atoms with Crippen molar-refractivity contribution in [2.75, 3.05) is 7.11 Å². The molecule has 0 aromatic heterocycles. The second-order valence-corrected chi connectivity index (χ2v) is 3.37. The molecule has 0 amide bonds. The first kappa shape index (κ1) is 12.9. The normalized spacial score (nSPS) is 10.5.